The molecule has 0 spiro atoms. The van der Waals surface area contributed by atoms with Crippen LogP contribution in [0.2, 0.25) is 0 Å². The predicted molar refractivity (Wildman–Crippen MR) is 105 cm³/mol. The number of carbonyl (C=O) groups is 1. The van der Waals surface area contributed by atoms with Gasteiger partial charge in [-0.25, -0.2) is 0 Å². The van der Waals surface area contributed by atoms with Gasteiger partial charge in [0.1, 0.15) is 6.04 Å². The average molecular weight is 363 g/mol. The summed E-state index contributed by atoms with van der Waals surface area (Å²) in [4.78, 5) is 13.9. The van der Waals surface area contributed by atoms with Crippen molar-refractivity contribution in [1.29, 1.82) is 0 Å². The third-order valence-corrected chi connectivity index (χ3v) is 5.05. The Morgan fingerprint density at radius 2 is 1.38 bits per heavy atom. The molecule has 3 aromatic rings. The van der Waals surface area contributed by atoms with E-state index in [1.165, 1.54) is 9.79 Å². The molecule has 26 heavy (non-hydrogen) atoms. The van der Waals surface area contributed by atoms with Crippen molar-refractivity contribution in [2.75, 3.05) is 0 Å². The Morgan fingerprint density at radius 1 is 0.808 bits per heavy atom. The molecule has 0 saturated heterocycles. The lowest BCUT2D eigenvalue weighted by Crippen LogP contribution is -2.38. The first-order chi connectivity index (χ1) is 12.7. The number of nitrogens with one attached hydrogen (secondary N) is 1. The molecule has 0 saturated carbocycles. The number of carboxylic acid groups (broad SMARTS) is 1. The zero-order chi connectivity index (χ0) is 18.2. The van der Waals surface area contributed by atoms with Crippen LogP contribution in [0.25, 0.3) is 0 Å². The molecule has 1 atom stereocenters. The van der Waals surface area contributed by atoms with E-state index >= 15 is 0 Å². The van der Waals surface area contributed by atoms with Crippen LogP contribution in [0.1, 0.15) is 11.1 Å². The molecular weight excluding hydrogens is 342 g/mol. The van der Waals surface area contributed by atoms with Crippen LogP contribution in [0.5, 0.6) is 0 Å². The van der Waals surface area contributed by atoms with Gasteiger partial charge in [0.15, 0.2) is 0 Å². The van der Waals surface area contributed by atoms with Crippen molar-refractivity contribution in [2.24, 2.45) is 0 Å². The fraction of sp³-hybridized carbons (Fsp3) is 0.136. The van der Waals surface area contributed by atoms with Crippen molar-refractivity contribution in [3.8, 4) is 0 Å². The third-order valence-electron chi connectivity index (χ3n) is 4.04. The van der Waals surface area contributed by atoms with E-state index in [-0.39, 0.29) is 0 Å². The molecule has 0 fully saturated rings. The normalized spacial score (nSPS) is 11.8. The van der Waals surface area contributed by atoms with Crippen LogP contribution in [0.4, 0.5) is 0 Å². The number of rotatable bonds is 8. The monoisotopic (exact) mass is 363 g/mol. The van der Waals surface area contributed by atoms with Gasteiger partial charge in [-0.05, 0) is 41.8 Å². The molecule has 0 bridgehead atoms. The molecule has 0 aliphatic rings. The predicted octanol–water partition coefficient (Wildman–Crippen LogP) is 4.62. The summed E-state index contributed by atoms with van der Waals surface area (Å²) in [6.07, 6.45) is 0.470. The SMILES string of the molecule is O=C(O)[C@H](Cc1ccccc1)NCc1ccc(Sc2ccccc2)cc1. The van der Waals surface area contributed by atoms with Crippen molar-refractivity contribution < 1.29 is 9.90 Å². The molecule has 0 aliphatic heterocycles. The molecule has 0 radical (unpaired) electrons. The maximum Gasteiger partial charge on any atom is 0.321 e. The summed E-state index contributed by atoms with van der Waals surface area (Å²) in [6, 6.07) is 27.5. The Balaban J connectivity index is 1.56. The van der Waals surface area contributed by atoms with Crippen LogP contribution >= 0.6 is 11.8 Å². The fourth-order valence-electron chi connectivity index (χ4n) is 2.64. The fourth-order valence-corrected chi connectivity index (χ4v) is 3.48. The second-order valence-electron chi connectivity index (χ2n) is 6.02. The smallest absolute Gasteiger partial charge is 0.321 e. The van der Waals surface area contributed by atoms with Crippen LogP contribution in [0.15, 0.2) is 94.7 Å². The summed E-state index contributed by atoms with van der Waals surface area (Å²) < 4.78 is 0. The van der Waals surface area contributed by atoms with Crippen molar-refractivity contribution in [3.63, 3.8) is 0 Å². The van der Waals surface area contributed by atoms with E-state index in [2.05, 4.69) is 29.6 Å². The molecule has 4 heteroatoms. The van der Waals surface area contributed by atoms with Crippen LogP contribution in [0.3, 0.4) is 0 Å². The highest BCUT2D eigenvalue weighted by Crippen LogP contribution is 2.27. The number of hydrogen-bond donors (Lipinski definition) is 2. The first kappa shape index (κ1) is 18.2. The third kappa shape index (κ3) is 5.48. The molecule has 0 aromatic heterocycles. The minimum Gasteiger partial charge on any atom is -0.480 e. The van der Waals surface area contributed by atoms with Gasteiger partial charge in [-0.1, -0.05) is 72.4 Å². The van der Waals surface area contributed by atoms with Crippen molar-refractivity contribution in [2.45, 2.75) is 28.8 Å². The van der Waals surface area contributed by atoms with Gasteiger partial charge >= 0.3 is 5.97 Å². The van der Waals surface area contributed by atoms with Gasteiger partial charge in [0, 0.05) is 16.3 Å². The van der Waals surface area contributed by atoms with E-state index in [9.17, 15) is 9.90 Å². The van der Waals surface area contributed by atoms with Crippen LogP contribution < -0.4 is 5.32 Å². The van der Waals surface area contributed by atoms with Crippen molar-refractivity contribution in [1.82, 2.24) is 5.32 Å². The van der Waals surface area contributed by atoms with Gasteiger partial charge < -0.3 is 10.4 Å². The first-order valence-electron chi connectivity index (χ1n) is 8.52. The van der Waals surface area contributed by atoms with E-state index in [4.69, 9.17) is 0 Å². The molecule has 2 N–H and O–H groups in total. The largest absolute Gasteiger partial charge is 0.480 e. The Morgan fingerprint density at radius 3 is 2.00 bits per heavy atom. The van der Waals surface area contributed by atoms with Crippen molar-refractivity contribution in [3.05, 3.63) is 96.1 Å². The molecule has 0 amide bonds. The number of hydrogen-bond acceptors (Lipinski definition) is 3. The second kappa shape index (κ2) is 9.22. The average Bonchev–Trinajstić information content (AvgIpc) is 2.68. The Kier molecular flexibility index (Phi) is 6.47. The number of carboxylic acids is 1. The minimum absolute atomic E-state index is 0.470. The van der Waals surface area contributed by atoms with Gasteiger partial charge in [-0.3, -0.25) is 4.79 Å². The van der Waals surface area contributed by atoms with E-state index in [0.717, 1.165) is 11.1 Å². The lowest BCUT2D eigenvalue weighted by Gasteiger charge is -2.15. The van der Waals surface area contributed by atoms with Crippen LogP contribution in [-0.4, -0.2) is 17.1 Å². The van der Waals surface area contributed by atoms with Gasteiger partial charge in [-0.2, -0.15) is 0 Å². The van der Waals surface area contributed by atoms with Crippen LogP contribution in [-0.2, 0) is 17.8 Å². The lowest BCUT2D eigenvalue weighted by atomic mass is 10.1. The van der Waals surface area contributed by atoms with E-state index in [1.807, 2.05) is 60.7 Å². The quantitative estimate of drug-likeness (QED) is 0.613. The Bertz CT molecular complexity index is 820. The molecule has 3 nitrogen and oxygen atoms in total. The van der Waals surface area contributed by atoms with Gasteiger partial charge in [0.05, 0.1) is 0 Å². The highest BCUT2D eigenvalue weighted by atomic mass is 32.2. The van der Waals surface area contributed by atoms with Gasteiger partial charge in [0.2, 0.25) is 0 Å². The van der Waals surface area contributed by atoms with Crippen molar-refractivity contribution >= 4 is 17.7 Å². The highest BCUT2D eigenvalue weighted by Gasteiger charge is 2.17. The zero-order valence-electron chi connectivity index (χ0n) is 14.3. The zero-order valence-corrected chi connectivity index (χ0v) is 15.2. The minimum atomic E-state index is -0.829. The summed E-state index contributed by atoms with van der Waals surface area (Å²) >= 11 is 1.71. The summed E-state index contributed by atoms with van der Waals surface area (Å²) in [7, 11) is 0. The van der Waals surface area contributed by atoms with Gasteiger partial charge in [0.25, 0.3) is 0 Å². The highest BCUT2D eigenvalue weighted by molar-refractivity contribution is 7.99. The van der Waals surface area contributed by atoms with E-state index in [0.29, 0.717) is 13.0 Å². The number of aliphatic carboxylic acids is 1. The van der Waals surface area contributed by atoms with E-state index in [1.54, 1.807) is 11.8 Å². The summed E-state index contributed by atoms with van der Waals surface area (Å²) in [5.41, 5.74) is 2.09. The standard InChI is InChI=1S/C22H21NO2S/c24-22(25)21(15-17-7-3-1-4-8-17)23-16-18-11-13-20(14-12-18)26-19-9-5-2-6-10-19/h1-14,21,23H,15-16H2,(H,24,25)/t21-/m0/s1. The molecule has 3 aromatic carbocycles. The molecule has 0 aliphatic carbocycles. The molecule has 0 heterocycles. The van der Waals surface area contributed by atoms with E-state index < -0.39 is 12.0 Å². The Labute approximate surface area is 158 Å². The summed E-state index contributed by atoms with van der Waals surface area (Å²) in [5.74, 6) is -0.829. The van der Waals surface area contributed by atoms with Gasteiger partial charge in [-0.15, -0.1) is 0 Å². The number of benzene rings is 3. The first-order valence-corrected chi connectivity index (χ1v) is 9.34. The molecular formula is C22H21NO2S. The molecule has 3 rings (SSSR count). The molecule has 132 valence electrons. The lowest BCUT2D eigenvalue weighted by molar-refractivity contribution is -0.139. The summed E-state index contributed by atoms with van der Waals surface area (Å²) in [6.45, 7) is 0.528. The maximum atomic E-state index is 11.5. The second-order valence-corrected chi connectivity index (χ2v) is 7.17. The molecule has 0 unspecified atom stereocenters. The summed E-state index contributed by atoms with van der Waals surface area (Å²) in [5, 5.41) is 12.6. The topological polar surface area (TPSA) is 49.3 Å². The Hall–Kier alpha value is -2.56. The maximum absolute atomic E-state index is 11.5. The van der Waals surface area contributed by atoms with Crippen LogP contribution in [0, 0.1) is 0 Å².